The molecule has 0 saturated carbocycles. The fourth-order valence-electron chi connectivity index (χ4n) is 5.06. The predicted octanol–water partition coefficient (Wildman–Crippen LogP) is 1.86. The summed E-state index contributed by atoms with van der Waals surface area (Å²) in [5.74, 6) is 0.444. The number of hydrogen-bond donors (Lipinski definition) is 1. The first-order valence-electron chi connectivity index (χ1n) is 10.2. The molecule has 28 heavy (non-hydrogen) atoms. The van der Waals surface area contributed by atoms with Gasteiger partial charge in [-0.3, -0.25) is 9.59 Å². The highest BCUT2D eigenvalue weighted by molar-refractivity contribution is 5.93. The van der Waals surface area contributed by atoms with E-state index >= 15 is 0 Å². The van der Waals surface area contributed by atoms with E-state index < -0.39 is 0 Å². The Morgan fingerprint density at radius 2 is 2.25 bits per heavy atom. The van der Waals surface area contributed by atoms with Crippen LogP contribution in [0.1, 0.15) is 55.2 Å². The number of rotatable bonds is 7. The highest BCUT2D eigenvalue weighted by Crippen LogP contribution is 2.54. The molecule has 4 rings (SSSR count). The number of aromatic nitrogens is 2. The lowest BCUT2D eigenvalue weighted by molar-refractivity contribution is -0.121. The number of likely N-dealkylation sites (tertiary alicyclic amines) is 1. The van der Waals surface area contributed by atoms with Gasteiger partial charge >= 0.3 is 0 Å². The number of unbranched alkanes of at least 4 members (excludes halogenated alkanes) is 1. The summed E-state index contributed by atoms with van der Waals surface area (Å²) < 4.78 is 11.0. The van der Waals surface area contributed by atoms with Gasteiger partial charge in [0.05, 0.1) is 18.2 Å². The molecule has 3 fully saturated rings. The van der Waals surface area contributed by atoms with Crippen molar-refractivity contribution in [3.05, 3.63) is 23.5 Å². The SMILES string of the molecule is C/C=C/CCCC(=O)NC[C@H]1[C@H]2CN(C(=O)c3nonc3C)C[C@]23CC[C@H]1O3. The van der Waals surface area contributed by atoms with Crippen LogP contribution in [0.2, 0.25) is 0 Å². The molecule has 8 nitrogen and oxygen atoms in total. The quantitative estimate of drug-likeness (QED) is 0.566. The first-order valence-corrected chi connectivity index (χ1v) is 10.2. The van der Waals surface area contributed by atoms with Crippen LogP contribution in [0.25, 0.3) is 0 Å². The Morgan fingerprint density at radius 1 is 1.39 bits per heavy atom. The molecule has 3 aliphatic rings. The fraction of sp³-hybridized carbons (Fsp3) is 0.700. The fourth-order valence-corrected chi connectivity index (χ4v) is 5.06. The number of fused-ring (bicyclic) bond motifs is 1. The van der Waals surface area contributed by atoms with E-state index in [0.29, 0.717) is 31.7 Å². The number of hydrogen-bond acceptors (Lipinski definition) is 6. The molecule has 1 N–H and O–H groups in total. The molecule has 3 saturated heterocycles. The van der Waals surface area contributed by atoms with Crippen LogP contribution in [-0.4, -0.2) is 58.4 Å². The van der Waals surface area contributed by atoms with Gasteiger partial charge in [-0.1, -0.05) is 17.3 Å². The van der Waals surface area contributed by atoms with Gasteiger partial charge < -0.3 is 15.0 Å². The monoisotopic (exact) mass is 388 g/mol. The molecule has 2 amide bonds. The number of amides is 2. The van der Waals surface area contributed by atoms with Crippen molar-refractivity contribution >= 4 is 11.8 Å². The molecule has 152 valence electrons. The minimum Gasteiger partial charge on any atom is -0.369 e. The molecule has 8 heteroatoms. The van der Waals surface area contributed by atoms with Gasteiger partial charge in [-0.2, -0.15) is 0 Å². The number of nitrogens with one attached hydrogen (secondary N) is 1. The summed E-state index contributed by atoms with van der Waals surface area (Å²) in [6.45, 7) is 5.53. The highest BCUT2D eigenvalue weighted by atomic mass is 16.6. The van der Waals surface area contributed by atoms with Crippen LogP contribution in [0.15, 0.2) is 16.8 Å². The summed E-state index contributed by atoms with van der Waals surface area (Å²) in [6, 6.07) is 0. The molecule has 1 aromatic rings. The minimum absolute atomic E-state index is 0.0940. The second kappa shape index (κ2) is 7.66. The zero-order chi connectivity index (χ0) is 19.7. The highest BCUT2D eigenvalue weighted by Gasteiger charge is 2.63. The molecule has 2 bridgehead atoms. The van der Waals surface area contributed by atoms with Crippen molar-refractivity contribution < 1.29 is 19.0 Å². The van der Waals surface area contributed by atoms with Crippen LogP contribution in [0.5, 0.6) is 0 Å². The predicted molar refractivity (Wildman–Crippen MR) is 100 cm³/mol. The van der Waals surface area contributed by atoms with Crippen LogP contribution in [0, 0.1) is 18.8 Å². The zero-order valence-corrected chi connectivity index (χ0v) is 16.5. The Hall–Kier alpha value is -2.22. The van der Waals surface area contributed by atoms with Gasteiger partial charge in [0.2, 0.25) is 5.91 Å². The number of allylic oxidation sites excluding steroid dienone is 2. The normalized spacial score (nSPS) is 30.9. The molecule has 1 spiro atoms. The molecule has 4 heterocycles. The molecule has 1 aromatic heterocycles. The number of carbonyl (C=O) groups excluding carboxylic acids is 2. The largest absolute Gasteiger partial charge is 0.369 e. The summed E-state index contributed by atoms with van der Waals surface area (Å²) in [7, 11) is 0. The van der Waals surface area contributed by atoms with E-state index in [2.05, 4.69) is 26.3 Å². The second-order valence-corrected chi connectivity index (χ2v) is 8.18. The summed E-state index contributed by atoms with van der Waals surface area (Å²) >= 11 is 0. The Bertz CT molecular complexity index is 776. The van der Waals surface area contributed by atoms with Gasteiger partial charge in [0.1, 0.15) is 5.69 Å². The summed E-state index contributed by atoms with van der Waals surface area (Å²) in [5.41, 5.74) is 0.510. The molecular weight excluding hydrogens is 360 g/mol. The Labute approximate surface area is 164 Å². The summed E-state index contributed by atoms with van der Waals surface area (Å²) in [5, 5.41) is 10.6. The molecule has 4 atom stereocenters. The van der Waals surface area contributed by atoms with Crippen molar-refractivity contribution in [3.63, 3.8) is 0 Å². The average molecular weight is 388 g/mol. The Kier molecular flexibility index (Phi) is 5.23. The van der Waals surface area contributed by atoms with E-state index in [4.69, 9.17) is 4.74 Å². The van der Waals surface area contributed by atoms with Gasteiger partial charge in [-0.15, -0.1) is 0 Å². The third-order valence-electron chi connectivity index (χ3n) is 6.47. The van der Waals surface area contributed by atoms with Gasteiger partial charge in [0.15, 0.2) is 5.69 Å². The summed E-state index contributed by atoms with van der Waals surface area (Å²) in [6.07, 6.45) is 8.56. The maximum Gasteiger partial charge on any atom is 0.278 e. The molecule has 3 aliphatic heterocycles. The Balaban J connectivity index is 1.36. The number of aryl methyl sites for hydroxylation is 1. The van der Waals surface area contributed by atoms with E-state index in [-0.39, 0.29) is 41.0 Å². The van der Waals surface area contributed by atoms with Crippen LogP contribution >= 0.6 is 0 Å². The van der Waals surface area contributed by atoms with Crippen LogP contribution in [-0.2, 0) is 9.53 Å². The van der Waals surface area contributed by atoms with Gasteiger partial charge in [-0.25, -0.2) is 4.63 Å². The van der Waals surface area contributed by atoms with Crippen molar-refractivity contribution in [3.8, 4) is 0 Å². The van der Waals surface area contributed by atoms with Gasteiger partial charge in [-0.05, 0) is 44.7 Å². The average Bonchev–Trinajstić information content (AvgIpc) is 3.43. The standard InChI is InChI=1S/C20H28N4O4/c1-3-4-5-6-7-17(25)21-10-14-15-11-24(12-20(15)9-8-16(14)27-20)19(26)18-13(2)22-28-23-18/h3-4,14-16H,5-12H2,1-2H3,(H,21,25)/b4-3+/t14-,15+,16+,20+/m0/s1. The number of nitrogens with zero attached hydrogens (tertiary/aromatic N) is 3. The van der Waals surface area contributed by atoms with Gasteiger partial charge in [0, 0.05) is 31.3 Å². The zero-order valence-electron chi connectivity index (χ0n) is 16.5. The van der Waals surface area contributed by atoms with E-state index in [9.17, 15) is 9.59 Å². The van der Waals surface area contributed by atoms with Crippen molar-refractivity contribution in [2.24, 2.45) is 11.8 Å². The lowest BCUT2D eigenvalue weighted by Gasteiger charge is -2.29. The third kappa shape index (κ3) is 3.34. The van der Waals surface area contributed by atoms with Crippen LogP contribution in [0.3, 0.4) is 0 Å². The lowest BCUT2D eigenvalue weighted by Crippen LogP contribution is -2.41. The topological polar surface area (TPSA) is 97.6 Å². The van der Waals surface area contributed by atoms with Crippen molar-refractivity contribution in [2.75, 3.05) is 19.6 Å². The van der Waals surface area contributed by atoms with Gasteiger partial charge in [0.25, 0.3) is 5.91 Å². The second-order valence-electron chi connectivity index (χ2n) is 8.18. The van der Waals surface area contributed by atoms with E-state index in [1.807, 2.05) is 17.9 Å². The molecular formula is C20H28N4O4. The summed E-state index contributed by atoms with van der Waals surface area (Å²) in [4.78, 5) is 26.8. The van der Waals surface area contributed by atoms with E-state index in [0.717, 1.165) is 25.7 Å². The Morgan fingerprint density at radius 3 is 3.00 bits per heavy atom. The van der Waals surface area contributed by atoms with E-state index in [1.54, 1.807) is 6.92 Å². The van der Waals surface area contributed by atoms with Crippen LogP contribution < -0.4 is 5.32 Å². The molecule has 0 radical (unpaired) electrons. The third-order valence-corrected chi connectivity index (χ3v) is 6.47. The van der Waals surface area contributed by atoms with E-state index in [1.165, 1.54) is 0 Å². The molecule has 0 unspecified atom stereocenters. The first kappa shape index (κ1) is 19.1. The smallest absolute Gasteiger partial charge is 0.278 e. The molecule has 0 aromatic carbocycles. The maximum absolute atomic E-state index is 12.8. The number of ether oxygens (including phenoxy) is 1. The van der Waals surface area contributed by atoms with Crippen LogP contribution in [0.4, 0.5) is 0 Å². The number of carbonyl (C=O) groups is 2. The molecule has 0 aliphatic carbocycles. The lowest BCUT2D eigenvalue weighted by atomic mass is 9.73. The minimum atomic E-state index is -0.271. The first-order chi connectivity index (χ1) is 13.5. The van der Waals surface area contributed by atoms with Crippen molar-refractivity contribution in [1.82, 2.24) is 20.5 Å². The van der Waals surface area contributed by atoms with Crippen molar-refractivity contribution in [2.45, 2.75) is 57.7 Å². The van der Waals surface area contributed by atoms with Crippen molar-refractivity contribution in [1.29, 1.82) is 0 Å². The maximum atomic E-state index is 12.8.